The summed E-state index contributed by atoms with van der Waals surface area (Å²) >= 11 is 0. The van der Waals surface area contributed by atoms with E-state index in [4.69, 9.17) is 10.00 Å². The van der Waals surface area contributed by atoms with Crippen LogP contribution in [0.1, 0.15) is 12.5 Å². The number of anilines is 1. The van der Waals surface area contributed by atoms with Gasteiger partial charge in [0.05, 0.1) is 18.2 Å². The number of nitriles is 1. The Hall–Kier alpha value is -2.02. The molecule has 1 atom stereocenters. The van der Waals surface area contributed by atoms with Gasteiger partial charge in [-0.1, -0.05) is 6.07 Å². The lowest BCUT2D eigenvalue weighted by atomic mass is 10.1. The van der Waals surface area contributed by atoms with Crippen LogP contribution in [0.4, 0.5) is 5.69 Å². The lowest BCUT2D eigenvalue weighted by molar-refractivity contribution is -0.122. The zero-order valence-corrected chi connectivity index (χ0v) is 8.28. The summed E-state index contributed by atoms with van der Waals surface area (Å²) < 4.78 is 5.41. The van der Waals surface area contributed by atoms with Crippen LogP contribution in [0.25, 0.3) is 0 Å². The number of carbonyl (C=O) groups is 1. The predicted octanol–water partition coefficient (Wildman–Crippen LogP) is 1.47. The fourth-order valence-electron chi connectivity index (χ4n) is 1.45. The van der Waals surface area contributed by atoms with E-state index in [1.807, 2.05) is 6.07 Å². The molecule has 0 aromatic heterocycles. The highest BCUT2D eigenvalue weighted by Crippen LogP contribution is 2.30. The second-order valence-corrected chi connectivity index (χ2v) is 3.41. The molecule has 0 fully saturated rings. The molecule has 1 heterocycles. The van der Waals surface area contributed by atoms with Crippen molar-refractivity contribution in [1.82, 2.24) is 0 Å². The number of ether oxygens (including phenoxy) is 1. The average Bonchev–Trinajstić information content (AvgIpc) is 2.21. The molecule has 1 aliphatic rings. The van der Waals surface area contributed by atoms with Gasteiger partial charge in [-0.3, -0.25) is 4.79 Å². The molecule has 1 aliphatic heterocycles. The van der Waals surface area contributed by atoms with Gasteiger partial charge in [-0.25, -0.2) is 0 Å². The summed E-state index contributed by atoms with van der Waals surface area (Å²) in [5, 5.41) is 11.3. The molecule has 0 radical (unpaired) electrons. The summed E-state index contributed by atoms with van der Waals surface area (Å²) in [5.74, 6) is 0.491. The van der Waals surface area contributed by atoms with Crippen molar-refractivity contribution in [2.75, 3.05) is 5.32 Å². The number of nitrogens with zero attached hydrogens (tertiary/aromatic N) is 1. The van der Waals surface area contributed by atoms with Gasteiger partial charge in [-0.05, 0) is 24.6 Å². The van der Waals surface area contributed by atoms with E-state index in [0.717, 1.165) is 5.56 Å². The van der Waals surface area contributed by atoms with Crippen molar-refractivity contribution < 1.29 is 9.53 Å². The lowest BCUT2D eigenvalue weighted by Gasteiger charge is -2.23. The maximum absolute atomic E-state index is 11.3. The molecule has 0 bridgehead atoms. The number of carbonyl (C=O) groups excluding carboxylic acids is 1. The third kappa shape index (κ3) is 1.77. The fourth-order valence-corrected chi connectivity index (χ4v) is 1.45. The molecule has 1 amide bonds. The van der Waals surface area contributed by atoms with E-state index in [-0.39, 0.29) is 5.91 Å². The number of fused-ring (bicyclic) bond motifs is 1. The van der Waals surface area contributed by atoms with E-state index in [1.54, 1.807) is 19.1 Å². The molecule has 1 aromatic carbocycles. The predicted molar refractivity (Wildman–Crippen MR) is 54.5 cm³/mol. The minimum atomic E-state index is -0.477. The highest BCUT2D eigenvalue weighted by Gasteiger charge is 2.23. The molecule has 2 rings (SSSR count). The third-order valence-electron chi connectivity index (χ3n) is 2.26. The van der Waals surface area contributed by atoms with E-state index in [2.05, 4.69) is 11.4 Å². The number of hydrogen-bond donors (Lipinski definition) is 1. The van der Waals surface area contributed by atoms with Crippen LogP contribution in [0.2, 0.25) is 0 Å². The molecule has 0 aliphatic carbocycles. The molecule has 0 saturated heterocycles. The average molecular weight is 202 g/mol. The molecule has 15 heavy (non-hydrogen) atoms. The number of rotatable bonds is 1. The largest absolute Gasteiger partial charge is 0.479 e. The molecule has 76 valence electrons. The molecule has 1 unspecified atom stereocenters. The summed E-state index contributed by atoms with van der Waals surface area (Å²) in [6, 6.07) is 7.42. The van der Waals surface area contributed by atoms with Crippen molar-refractivity contribution in [3.05, 3.63) is 23.8 Å². The van der Waals surface area contributed by atoms with E-state index in [1.165, 1.54) is 0 Å². The summed E-state index contributed by atoms with van der Waals surface area (Å²) in [5.41, 5.74) is 1.55. The Balaban J connectivity index is 2.34. The second-order valence-electron chi connectivity index (χ2n) is 3.41. The van der Waals surface area contributed by atoms with Crippen LogP contribution >= 0.6 is 0 Å². The maximum Gasteiger partial charge on any atom is 0.265 e. The number of nitrogens with one attached hydrogen (secondary N) is 1. The van der Waals surface area contributed by atoms with Crippen LogP contribution < -0.4 is 10.1 Å². The van der Waals surface area contributed by atoms with Gasteiger partial charge in [0.15, 0.2) is 6.10 Å². The van der Waals surface area contributed by atoms with Gasteiger partial charge in [0.1, 0.15) is 5.75 Å². The first-order valence-corrected chi connectivity index (χ1v) is 4.68. The zero-order valence-electron chi connectivity index (χ0n) is 8.28. The minimum Gasteiger partial charge on any atom is -0.479 e. The summed E-state index contributed by atoms with van der Waals surface area (Å²) in [6.07, 6.45) is -0.131. The van der Waals surface area contributed by atoms with Crippen molar-refractivity contribution >= 4 is 11.6 Å². The first kappa shape index (κ1) is 9.53. The van der Waals surface area contributed by atoms with Crippen LogP contribution in [0.5, 0.6) is 5.75 Å². The van der Waals surface area contributed by atoms with Crippen molar-refractivity contribution in [3.63, 3.8) is 0 Å². The van der Waals surface area contributed by atoms with Crippen LogP contribution in [0.15, 0.2) is 18.2 Å². The number of amides is 1. The molecule has 1 N–H and O–H groups in total. The van der Waals surface area contributed by atoms with Crippen molar-refractivity contribution in [2.45, 2.75) is 19.4 Å². The van der Waals surface area contributed by atoms with Gasteiger partial charge in [0.25, 0.3) is 5.91 Å². The zero-order chi connectivity index (χ0) is 10.8. The van der Waals surface area contributed by atoms with Crippen molar-refractivity contribution in [2.24, 2.45) is 0 Å². The maximum atomic E-state index is 11.3. The smallest absolute Gasteiger partial charge is 0.265 e. The van der Waals surface area contributed by atoms with Gasteiger partial charge >= 0.3 is 0 Å². The Morgan fingerprint density at radius 3 is 3.13 bits per heavy atom. The second kappa shape index (κ2) is 3.62. The molecule has 4 nitrogen and oxygen atoms in total. The monoisotopic (exact) mass is 202 g/mol. The van der Waals surface area contributed by atoms with Crippen LogP contribution in [0.3, 0.4) is 0 Å². The molecular weight excluding hydrogens is 192 g/mol. The Bertz CT molecular complexity index is 448. The standard InChI is InChI=1S/C11H10N2O2/c1-7-11(14)13-9-3-2-8(4-5-12)6-10(9)15-7/h2-3,6-7H,4H2,1H3,(H,13,14). The summed E-state index contributed by atoms with van der Waals surface area (Å²) in [6.45, 7) is 1.69. The summed E-state index contributed by atoms with van der Waals surface area (Å²) in [4.78, 5) is 11.3. The van der Waals surface area contributed by atoms with E-state index in [0.29, 0.717) is 17.9 Å². The highest BCUT2D eigenvalue weighted by molar-refractivity contribution is 5.97. The van der Waals surface area contributed by atoms with E-state index < -0.39 is 6.10 Å². The minimum absolute atomic E-state index is 0.143. The first-order chi connectivity index (χ1) is 7.20. The third-order valence-corrected chi connectivity index (χ3v) is 2.26. The quantitative estimate of drug-likeness (QED) is 0.750. The van der Waals surface area contributed by atoms with Gasteiger partial charge < -0.3 is 10.1 Å². The lowest BCUT2D eigenvalue weighted by Crippen LogP contribution is -2.34. The normalized spacial score (nSPS) is 18.4. The topological polar surface area (TPSA) is 62.1 Å². The Morgan fingerprint density at radius 1 is 1.60 bits per heavy atom. The fraction of sp³-hybridized carbons (Fsp3) is 0.273. The van der Waals surface area contributed by atoms with Crippen LogP contribution in [-0.4, -0.2) is 12.0 Å². The highest BCUT2D eigenvalue weighted by atomic mass is 16.5. The SMILES string of the molecule is CC1Oc2cc(CC#N)ccc2NC1=O. The first-order valence-electron chi connectivity index (χ1n) is 4.68. The van der Waals surface area contributed by atoms with Gasteiger partial charge in [0.2, 0.25) is 0 Å². The Morgan fingerprint density at radius 2 is 2.40 bits per heavy atom. The van der Waals surface area contributed by atoms with Crippen LogP contribution in [0, 0.1) is 11.3 Å². The molecule has 4 heteroatoms. The van der Waals surface area contributed by atoms with Crippen molar-refractivity contribution in [3.8, 4) is 11.8 Å². The van der Waals surface area contributed by atoms with Crippen LogP contribution in [-0.2, 0) is 11.2 Å². The molecule has 0 saturated carbocycles. The molecule has 1 aromatic rings. The van der Waals surface area contributed by atoms with Gasteiger partial charge in [-0.15, -0.1) is 0 Å². The molecule has 0 spiro atoms. The van der Waals surface area contributed by atoms with Gasteiger partial charge in [0, 0.05) is 0 Å². The van der Waals surface area contributed by atoms with Gasteiger partial charge in [-0.2, -0.15) is 5.26 Å². The molecular formula is C11H10N2O2. The van der Waals surface area contributed by atoms with E-state index >= 15 is 0 Å². The number of hydrogen-bond acceptors (Lipinski definition) is 3. The van der Waals surface area contributed by atoms with Crippen molar-refractivity contribution in [1.29, 1.82) is 5.26 Å². The Labute approximate surface area is 87.5 Å². The number of benzene rings is 1. The summed E-state index contributed by atoms with van der Waals surface area (Å²) in [7, 11) is 0. The Kier molecular flexibility index (Phi) is 2.30. The van der Waals surface area contributed by atoms with E-state index in [9.17, 15) is 4.79 Å².